The van der Waals surface area contributed by atoms with Gasteiger partial charge in [0, 0.05) is 51.7 Å². The van der Waals surface area contributed by atoms with Gasteiger partial charge >= 0.3 is 5.97 Å². The fourth-order valence-corrected chi connectivity index (χ4v) is 8.59. The van der Waals surface area contributed by atoms with E-state index in [9.17, 15) is 15.0 Å². The molecule has 10 heteroatoms. The fraction of sp³-hybridized carbons (Fsp3) is 0.738. The van der Waals surface area contributed by atoms with Crippen LogP contribution in [0.3, 0.4) is 0 Å². The van der Waals surface area contributed by atoms with Gasteiger partial charge in [0.05, 0.1) is 36.6 Å². The standard InChI is InChI=1S/C42H64O10/c1-11-24(2)39-27(5)17-18-41(52-39)22-32-20-31(51-41)16-15-26(4)38(50-36-21-34(46-9)37(43)30(8)48-36)25(3)13-12-14-29(7)42(45)23-35(47-10)28(6)19-33(42)40(44)49-32/h12-15,17-19,24-25,27,30-39,43,45H,11,16,20-23H2,1-10H3. The molecule has 5 aliphatic rings. The third kappa shape index (κ3) is 8.86. The molecule has 52 heavy (non-hydrogen) atoms. The molecule has 15 atom stereocenters. The van der Waals surface area contributed by atoms with Gasteiger partial charge in [0.25, 0.3) is 0 Å². The molecule has 0 aromatic rings. The van der Waals surface area contributed by atoms with Crippen LogP contribution >= 0.6 is 0 Å². The van der Waals surface area contributed by atoms with Crippen LogP contribution < -0.4 is 0 Å². The number of rotatable bonds is 6. The number of aliphatic hydroxyl groups is 2. The summed E-state index contributed by atoms with van der Waals surface area (Å²) in [6.45, 7) is 16.3. The van der Waals surface area contributed by atoms with Gasteiger partial charge in [-0.05, 0) is 62.8 Å². The van der Waals surface area contributed by atoms with Crippen LogP contribution in [0.15, 0.2) is 59.3 Å². The molecule has 1 aliphatic carbocycles. The van der Waals surface area contributed by atoms with E-state index in [1.165, 1.54) is 0 Å². The molecule has 0 aromatic carbocycles. The van der Waals surface area contributed by atoms with E-state index in [0.717, 1.165) is 17.6 Å². The maximum atomic E-state index is 14.2. The SMILES string of the molecule is CCC(C)C1OC2(C=CC1C)CC1CC(CC=C(C)C(OC3CC(OC)C(O)C(C)O3)C(C)C=CC=C(C)C3(O)CC(OC)C(C)=CC3C(=O)O1)O2. The van der Waals surface area contributed by atoms with E-state index in [1.54, 1.807) is 14.2 Å². The Hall–Kier alpha value is -2.15. The highest BCUT2D eigenvalue weighted by molar-refractivity contribution is 5.78. The Morgan fingerprint density at radius 1 is 0.981 bits per heavy atom. The van der Waals surface area contributed by atoms with Crippen molar-refractivity contribution >= 4 is 5.97 Å². The second-order valence-electron chi connectivity index (χ2n) is 16.1. The lowest BCUT2D eigenvalue weighted by Crippen LogP contribution is -2.54. The number of methoxy groups -OCH3 is 2. The summed E-state index contributed by atoms with van der Waals surface area (Å²) >= 11 is 0. The normalized spacial score (nSPS) is 43.9. The van der Waals surface area contributed by atoms with Crippen LogP contribution in [0.5, 0.6) is 0 Å². The molecule has 4 heterocycles. The van der Waals surface area contributed by atoms with Crippen molar-refractivity contribution in [2.24, 2.45) is 23.7 Å². The van der Waals surface area contributed by atoms with Gasteiger partial charge in [-0.2, -0.15) is 0 Å². The third-order valence-corrected chi connectivity index (χ3v) is 12.2. The van der Waals surface area contributed by atoms with Gasteiger partial charge in [-0.1, -0.05) is 70.6 Å². The van der Waals surface area contributed by atoms with Crippen molar-refractivity contribution < 1.29 is 48.2 Å². The van der Waals surface area contributed by atoms with E-state index in [1.807, 2.05) is 51.2 Å². The molecule has 292 valence electrons. The summed E-state index contributed by atoms with van der Waals surface area (Å²) in [7, 11) is 3.21. The first-order chi connectivity index (χ1) is 24.6. The first-order valence-electron chi connectivity index (χ1n) is 19.4. The Balaban J connectivity index is 1.54. The molecular weight excluding hydrogens is 664 g/mol. The lowest BCUT2D eigenvalue weighted by molar-refractivity contribution is -0.300. The summed E-state index contributed by atoms with van der Waals surface area (Å²) in [6, 6.07) is 0. The number of carbonyl (C=O) groups excluding carboxylic acids is 1. The molecule has 0 aromatic heterocycles. The van der Waals surface area contributed by atoms with E-state index in [-0.39, 0.29) is 42.7 Å². The maximum absolute atomic E-state index is 14.2. The Morgan fingerprint density at radius 2 is 1.73 bits per heavy atom. The quantitative estimate of drug-likeness (QED) is 0.231. The zero-order valence-corrected chi connectivity index (χ0v) is 33.0. The lowest BCUT2D eigenvalue weighted by Gasteiger charge is -2.48. The maximum Gasteiger partial charge on any atom is 0.316 e. The van der Waals surface area contributed by atoms with Crippen molar-refractivity contribution in [3.05, 3.63) is 59.3 Å². The first kappa shape index (κ1) is 41.0. The van der Waals surface area contributed by atoms with E-state index in [0.29, 0.717) is 37.2 Å². The minimum atomic E-state index is -1.53. The van der Waals surface area contributed by atoms with E-state index >= 15 is 0 Å². The molecule has 15 unspecified atom stereocenters. The summed E-state index contributed by atoms with van der Waals surface area (Å²) in [5.74, 6) is -2.04. The van der Waals surface area contributed by atoms with Crippen molar-refractivity contribution in [3.8, 4) is 0 Å². The van der Waals surface area contributed by atoms with Gasteiger partial charge in [-0.15, -0.1) is 0 Å². The monoisotopic (exact) mass is 728 g/mol. The highest BCUT2D eigenvalue weighted by Crippen LogP contribution is 2.44. The van der Waals surface area contributed by atoms with Gasteiger partial charge in [0.1, 0.15) is 23.7 Å². The van der Waals surface area contributed by atoms with Gasteiger partial charge in [0.15, 0.2) is 12.1 Å². The number of esters is 1. The Labute approximate surface area is 311 Å². The minimum absolute atomic E-state index is 0.0502. The predicted molar refractivity (Wildman–Crippen MR) is 198 cm³/mol. The van der Waals surface area contributed by atoms with Crippen molar-refractivity contribution in [2.45, 2.75) is 160 Å². The zero-order chi connectivity index (χ0) is 38.0. The number of hydrogen-bond donors (Lipinski definition) is 2. The number of aliphatic hydroxyl groups excluding tert-OH is 1. The number of hydrogen-bond acceptors (Lipinski definition) is 10. The van der Waals surface area contributed by atoms with Crippen molar-refractivity contribution in [2.75, 3.05) is 14.2 Å². The molecule has 0 radical (unpaired) electrons. The van der Waals surface area contributed by atoms with Crippen LogP contribution in [0.2, 0.25) is 0 Å². The smallest absolute Gasteiger partial charge is 0.316 e. The van der Waals surface area contributed by atoms with Gasteiger partial charge in [-0.3, -0.25) is 4.79 Å². The number of allylic oxidation sites excluding steroid dienone is 2. The molecule has 2 saturated heterocycles. The first-order valence-corrected chi connectivity index (χ1v) is 19.4. The summed E-state index contributed by atoms with van der Waals surface area (Å²) in [5, 5.41) is 23.0. The molecule has 2 N–H and O–H groups in total. The lowest BCUT2D eigenvalue weighted by atomic mass is 9.71. The Kier molecular flexibility index (Phi) is 13.5. The topological polar surface area (TPSA) is 122 Å². The molecule has 1 spiro atoms. The molecule has 5 rings (SSSR count). The molecule has 0 amide bonds. The second-order valence-corrected chi connectivity index (χ2v) is 16.1. The van der Waals surface area contributed by atoms with Gasteiger partial charge < -0.3 is 43.4 Å². The Bertz CT molecular complexity index is 1400. The number of fused-ring (bicyclic) bond motifs is 3. The fourth-order valence-electron chi connectivity index (χ4n) is 8.59. The Morgan fingerprint density at radius 3 is 2.42 bits per heavy atom. The molecule has 2 fully saturated rings. The summed E-state index contributed by atoms with van der Waals surface area (Å²) in [6.07, 6.45) is 13.1. The highest BCUT2D eigenvalue weighted by atomic mass is 16.7. The molecule has 10 nitrogen and oxygen atoms in total. The van der Waals surface area contributed by atoms with Crippen LogP contribution in [0.1, 0.15) is 93.9 Å². The van der Waals surface area contributed by atoms with Gasteiger partial charge in [-0.25, -0.2) is 0 Å². The summed E-state index contributed by atoms with van der Waals surface area (Å²) in [4.78, 5) is 14.2. The predicted octanol–water partition coefficient (Wildman–Crippen LogP) is 6.51. The average Bonchev–Trinajstić information content (AvgIpc) is 3.11. The van der Waals surface area contributed by atoms with Crippen molar-refractivity contribution in [3.63, 3.8) is 0 Å². The summed E-state index contributed by atoms with van der Waals surface area (Å²) < 4.78 is 44.3. The third-order valence-electron chi connectivity index (χ3n) is 12.2. The number of carbonyl (C=O) groups is 1. The number of ether oxygens (including phenoxy) is 7. The zero-order valence-electron chi connectivity index (χ0n) is 33.0. The molecule has 0 saturated carbocycles. The van der Waals surface area contributed by atoms with Crippen molar-refractivity contribution in [1.82, 2.24) is 0 Å². The van der Waals surface area contributed by atoms with Crippen LogP contribution in [-0.2, 0) is 38.0 Å². The van der Waals surface area contributed by atoms with E-state index in [4.69, 9.17) is 33.2 Å². The summed E-state index contributed by atoms with van der Waals surface area (Å²) in [5.41, 5.74) is 0.982. The van der Waals surface area contributed by atoms with Gasteiger partial charge in [0.2, 0.25) is 0 Å². The highest BCUT2D eigenvalue weighted by Gasteiger charge is 2.51. The van der Waals surface area contributed by atoms with E-state index < -0.39 is 54.0 Å². The van der Waals surface area contributed by atoms with Crippen LogP contribution in [-0.4, -0.2) is 96.9 Å². The van der Waals surface area contributed by atoms with Crippen LogP contribution in [0.25, 0.3) is 0 Å². The minimum Gasteiger partial charge on any atom is -0.462 e. The largest absolute Gasteiger partial charge is 0.462 e. The second kappa shape index (κ2) is 17.1. The molecular formula is C42H64O10. The van der Waals surface area contributed by atoms with Crippen molar-refractivity contribution in [1.29, 1.82) is 0 Å². The molecule has 2 bridgehead atoms. The van der Waals surface area contributed by atoms with Crippen LogP contribution in [0.4, 0.5) is 0 Å². The average molecular weight is 729 g/mol. The molecule has 4 aliphatic heterocycles. The van der Waals surface area contributed by atoms with Crippen LogP contribution in [0, 0.1) is 23.7 Å². The van der Waals surface area contributed by atoms with E-state index in [2.05, 4.69) is 46.8 Å².